The van der Waals surface area contributed by atoms with Gasteiger partial charge in [0.25, 0.3) is 5.91 Å². The van der Waals surface area contributed by atoms with E-state index in [1.807, 2.05) is 0 Å². The average molecular weight is 305 g/mol. The van der Waals surface area contributed by atoms with E-state index >= 15 is 0 Å². The number of aromatic nitrogens is 1. The van der Waals surface area contributed by atoms with Crippen molar-refractivity contribution < 1.29 is 9.53 Å². The molecule has 1 aromatic heterocycles. The monoisotopic (exact) mass is 304 g/mol. The number of thiazole rings is 1. The predicted molar refractivity (Wildman–Crippen MR) is 79.9 cm³/mol. The Hall–Kier alpha value is -2.11. The van der Waals surface area contributed by atoms with Gasteiger partial charge < -0.3 is 4.74 Å². The van der Waals surface area contributed by atoms with Crippen molar-refractivity contribution in [1.82, 2.24) is 4.98 Å². The van der Waals surface area contributed by atoms with Crippen LogP contribution in [0.25, 0.3) is 6.08 Å². The Morgan fingerprint density at radius 2 is 2.30 bits per heavy atom. The van der Waals surface area contributed by atoms with Gasteiger partial charge in [0.2, 0.25) is 0 Å². The molecule has 2 aromatic rings. The molecule has 0 unspecified atom stereocenters. The third kappa shape index (κ3) is 2.74. The molecule has 0 bridgehead atoms. The predicted octanol–water partition coefficient (Wildman–Crippen LogP) is 3.72. The molecule has 0 spiro atoms. The van der Waals surface area contributed by atoms with Crippen LogP contribution in [0.2, 0.25) is 5.02 Å². The largest absolute Gasteiger partial charge is 0.464 e. The molecule has 1 aliphatic rings. The molecular weight excluding hydrogens is 296 g/mol. The molecule has 0 saturated heterocycles. The van der Waals surface area contributed by atoms with E-state index in [0.717, 1.165) is 5.56 Å². The van der Waals surface area contributed by atoms with Crippen molar-refractivity contribution in [3.05, 3.63) is 58.3 Å². The molecule has 0 fully saturated rings. The summed E-state index contributed by atoms with van der Waals surface area (Å²) in [5, 5.41) is 5.67. The number of hydrogen-bond acceptors (Lipinski definition) is 4. The lowest BCUT2D eigenvalue weighted by molar-refractivity contribution is -0.112. The van der Waals surface area contributed by atoms with Crippen molar-refractivity contribution in [3.8, 4) is 5.75 Å². The first-order valence-corrected chi connectivity index (χ1v) is 7.03. The normalized spacial score (nSPS) is 12.9. The molecule has 0 aliphatic carbocycles. The Bertz CT molecular complexity index is 708. The highest BCUT2D eigenvalue weighted by Gasteiger charge is 2.13. The summed E-state index contributed by atoms with van der Waals surface area (Å²) < 4.78 is 5.43. The number of fused-ring (bicyclic) bond motifs is 1. The first-order valence-electron chi connectivity index (χ1n) is 5.78. The van der Waals surface area contributed by atoms with Gasteiger partial charge in [-0.15, -0.1) is 11.3 Å². The fourth-order valence-corrected chi connectivity index (χ4v) is 2.44. The Balaban J connectivity index is 1.91. The number of amides is 1. The lowest BCUT2D eigenvalue weighted by atomic mass is 10.1. The van der Waals surface area contributed by atoms with E-state index in [1.54, 1.807) is 41.9 Å². The Morgan fingerprint density at radius 3 is 3.10 bits per heavy atom. The van der Waals surface area contributed by atoms with E-state index in [1.165, 1.54) is 17.6 Å². The fraction of sp³-hybridized carbons (Fsp3) is 0. The SMILES string of the molecule is O=C(Nc1nccs1)C1=Cc2cc(Cl)ccc2OC=C1. The number of hydrogen-bond donors (Lipinski definition) is 1. The number of ether oxygens (including phenoxy) is 1. The van der Waals surface area contributed by atoms with Crippen LogP contribution in [0, 0.1) is 0 Å². The maximum Gasteiger partial charge on any atom is 0.257 e. The second kappa shape index (κ2) is 5.48. The maximum atomic E-state index is 12.2. The van der Waals surface area contributed by atoms with Crippen molar-refractivity contribution in [2.75, 3.05) is 5.32 Å². The van der Waals surface area contributed by atoms with Gasteiger partial charge in [-0.3, -0.25) is 10.1 Å². The molecule has 1 aliphatic heterocycles. The Kier molecular flexibility index (Phi) is 3.54. The molecule has 1 amide bonds. The van der Waals surface area contributed by atoms with Crippen LogP contribution in [0.1, 0.15) is 5.56 Å². The zero-order valence-electron chi connectivity index (χ0n) is 10.2. The van der Waals surface area contributed by atoms with Gasteiger partial charge >= 0.3 is 0 Å². The first-order chi connectivity index (χ1) is 9.72. The van der Waals surface area contributed by atoms with Gasteiger partial charge in [0.15, 0.2) is 5.13 Å². The topological polar surface area (TPSA) is 51.2 Å². The van der Waals surface area contributed by atoms with Crippen LogP contribution < -0.4 is 10.1 Å². The van der Waals surface area contributed by atoms with Gasteiger partial charge in [-0.2, -0.15) is 0 Å². The number of carbonyl (C=O) groups is 1. The third-order valence-corrected chi connectivity index (χ3v) is 3.56. The summed E-state index contributed by atoms with van der Waals surface area (Å²) in [4.78, 5) is 16.2. The number of carbonyl (C=O) groups excluding carboxylic acids is 1. The quantitative estimate of drug-likeness (QED) is 0.920. The molecule has 0 saturated carbocycles. The van der Waals surface area contributed by atoms with Crippen LogP contribution in [0.5, 0.6) is 5.75 Å². The maximum absolute atomic E-state index is 12.2. The number of rotatable bonds is 2. The van der Waals surface area contributed by atoms with E-state index < -0.39 is 0 Å². The zero-order chi connectivity index (χ0) is 13.9. The molecule has 1 aromatic carbocycles. The lowest BCUT2D eigenvalue weighted by Crippen LogP contribution is -2.12. The number of nitrogens with one attached hydrogen (secondary N) is 1. The highest BCUT2D eigenvalue weighted by molar-refractivity contribution is 7.13. The van der Waals surface area contributed by atoms with Crippen molar-refractivity contribution >= 4 is 40.1 Å². The second-order valence-corrected chi connectivity index (χ2v) is 5.32. The summed E-state index contributed by atoms with van der Waals surface area (Å²) >= 11 is 7.32. The van der Waals surface area contributed by atoms with Crippen LogP contribution in [0.3, 0.4) is 0 Å². The van der Waals surface area contributed by atoms with Gasteiger partial charge in [0, 0.05) is 27.7 Å². The highest BCUT2D eigenvalue weighted by atomic mass is 35.5. The summed E-state index contributed by atoms with van der Waals surface area (Å²) in [7, 11) is 0. The lowest BCUT2D eigenvalue weighted by Gasteiger charge is -2.04. The second-order valence-electron chi connectivity index (χ2n) is 3.99. The first kappa shape index (κ1) is 12.9. The van der Waals surface area contributed by atoms with E-state index in [0.29, 0.717) is 21.5 Å². The van der Waals surface area contributed by atoms with Gasteiger partial charge in [-0.25, -0.2) is 4.98 Å². The smallest absolute Gasteiger partial charge is 0.257 e. The van der Waals surface area contributed by atoms with E-state index in [9.17, 15) is 4.79 Å². The highest BCUT2D eigenvalue weighted by Crippen LogP contribution is 2.28. The Morgan fingerprint density at radius 1 is 1.40 bits per heavy atom. The summed E-state index contributed by atoms with van der Waals surface area (Å²) in [5.41, 5.74) is 1.23. The molecular formula is C14H9ClN2O2S. The minimum atomic E-state index is -0.243. The summed E-state index contributed by atoms with van der Waals surface area (Å²) in [6.07, 6.45) is 6.45. The minimum Gasteiger partial charge on any atom is -0.464 e. The number of nitrogens with zero attached hydrogens (tertiary/aromatic N) is 1. The van der Waals surface area contributed by atoms with Crippen molar-refractivity contribution in [1.29, 1.82) is 0 Å². The van der Waals surface area contributed by atoms with Gasteiger partial charge in [0.1, 0.15) is 5.75 Å². The standard InChI is InChI=1S/C14H9ClN2O2S/c15-11-1-2-12-10(8-11)7-9(3-5-19-12)13(18)17-14-16-4-6-20-14/h1-8H,(H,16,17,18). The molecule has 0 radical (unpaired) electrons. The summed E-state index contributed by atoms with van der Waals surface area (Å²) in [6, 6.07) is 5.25. The fourth-order valence-electron chi connectivity index (χ4n) is 1.73. The van der Waals surface area contributed by atoms with Crippen molar-refractivity contribution in [2.24, 2.45) is 0 Å². The average Bonchev–Trinajstić information content (AvgIpc) is 2.83. The zero-order valence-corrected chi connectivity index (χ0v) is 11.7. The molecule has 1 N–H and O–H groups in total. The number of benzene rings is 1. The van der Waals surface area contributed by atoms with Crippen molar-refractivity contribution in [3.63, 3.8) is 0 Å². The number of anilines is 1. The molecule has 4 nitrogen and oxygen atoms in total. The molecule has 3 rings (SSSR count). The van der Waals surface area contributed by atoms with Gasteiger partial charge in [-0.05, 0) is 30.4 Å². The van der Waals surface area contributed by atoms with Crippen molar-refractivity contribution in [2.45, 2.75) is 0 Å². The van der Waals surface area contributed by atoms with Crippen LogP contribution >= 0.6 is 22.9 Å². The molecule has 2 heterocycles. The van der Waals surface area contributed by atoms with Crippen LogP contribution in [0.15, 0.2) is 47.7 Å². The molecule has 20 heavy (non-hydrogen) atoms. The summed E-state index contributed by atoms with van der Waals surface area (Å²) in [5.74, 6) is 0.412. The van der Waals surface area contributed by atoms with Crippen LogP contribution in [-0.2, 0) is 4.79 Å². The van der Waals surface area contributed by atoms with Gasteiger partial charge in [-0.1, -0.05) is 11.6 Å². The molecule has 0 atom stereocenters. The molecule has 6 heteroatoms. The number of halogens is 1. The van der Waals surface area contributed by atoms with E-state index in [4.69, 9.17) is 16.3 Å². The summed E-state index contributed by atoms with van der Waals surface area (Å²) in [6.45, 7) is 0. The minimum absolute atomic E-state index is 0.243. The Labute approximate surface area is 124 Å². The molecule has 100 valence electrons. The van der Waals surface area contributed by atoms with Gasteiger partial charge in [0.05, 0.1) is 6.26 Å². The van der Waals surface area contributed by atoms with E-state index in [2.05, 4.69) is 10.3 Å². The van der Waals surface area contributed by atoms with Crippen LogP contribution in [-0.4, -0.2) is 10.9 Å². The third-order valence-electron chi connectivity index (χ3n) is 2.64. The van der Waals surface area contributed by atoms with E-state index in [-0.39, 0.29) is 5.91 Å². The van der Waals surface area contributed by atoms with Crippen LogP contribution in [0.4, 0.5) is 5.13 Å².